The molecule has 1 saturated heterocycles. The predicted molar refractivity (Wildman–Crippen MR) is 156 cm³/mol. The first-order valence-corrected chi connectivity index (χ1v) is 14.5. The van der Waals surface area contributed by atoms with Crippen LogP contribution < -0.4 is 9.80 Å². The van der Waals surface area contributed by atoms with E-state index >= 15 is 0 Å². The number of anilines is 2. The lowest BCUT2D eigenvalue weighted by atomic mass is 9.99. The molecule has 2 aliphatic heterocycles. The molecule has 0 N–H and O–H groups in total. The number of aryl methyl sites for hydroxylation is 1. The topological polar surface area (TPSA) is 85.6 Å². The van der Waals surface area contributed by atoms with Crippen LogP contribution in [-0.2, 0) is 17.7 Å². The smallest absolute Gasteiger partial charge is 0.410 e. The lowest BCUT2D eigenvalue weighted by Crippen LogP contribution is -2.56. The predicted octanol–water partition coefficient (Wildman–Crippen LogP) is 5.56. The quantitative estimate of drug-likeness (QED) is 0.311. The van der Waals surface area contributed by atoms with Crippen LogP contribution >= 0.6 is 11.8 Å². The van der Waals surface area contributed by atoms with E-state index in [-0.39, 0.29) is 12.5 Å². The minimum atomic E-state index is -1.88. The number of aromatic nitrogens is 2. The summed E-state index contributed by atoms with van der Waals surface area (Å²) in [5.74, 6) is 0.684. The fourth-order valence-corrected chi connectivity index (χ4v) is 5.70. The summed E-state index contributed by atoms with van der Waals surface area (Å²) in [5, 5.41) is 12.2. The van der Waals surface area contributed by atoms with Crippen LogP contribution in [0.4, 0.5) is 16.3 Å². The van der Waals surface area contributed by atoms with Crippen molar-refractivity contribution in [3.63, 3.8) is 0 Å². The second-order valence-corrected chi connectivity index (χ2v) is 11.7. The van der Waals surface area contributed by atoms with Crippen LogP contribution in [-0.4, -0.2) is 65.0 Å². The number of hydrogen-bond donors (Lipinski definition) is 0. The highest BCUT2D eigenvalue weighted by molar-refractivity contribution is 7.98. The Balaban J connectivity index is 1.52. The number of piperazine rings is 1. The molecule has 0 aliphatic carbocycles. The number of fused-ring (bicyclic) bond motifs is 2. The van der Waals surface area contributed by atoms with Gasteiger partial charge in [0.15, 0.2) is 5.16 Å². The Morgan fingerprint density at radius 1 is 1.18 bits per heavy atom. The molecule has 2 aromatic carbocycles. The molecule has 8 nitrogen and oxygen atoms in total. The second-order valence-electron chi connectivity index (χ2n) is 11.0. The molecule has 0 bridgehead atoms. The zero-order chi connectivity index (χ0) is 29.5. The van der Waals surface area contributed by atoms with Gasteiger partial charge >= 0.3 is 6.09 Å². The van der Waals surface area contributed by atoms with E-state index in [1.165, 1.54) is 11.8 Å². The van der Waals surface area contributed by atoms with Crippen molar-refractivity contribution in [2.24, 2.45) is 0 Å². The minimum absolute atomic E-state index is 0.160. The highest BCUT2D eigenvalue weighted by Crippen LogP contribution is 2.36. The van der Waals surface area contributed by atoms with Crippen LogP contribution in [0.3, 0.4) is 0 Å². The van der Waals surface area contributed by atoms with Gasteiger partial charge in [-0.25, -0.2) is 14.8 Å². The number of thioether (sulfide) groups is 1. The van der Waals surface area contributed by atoms with E-state index in [1.54, 1.807) is 4.90 Å². The summed E-state index contributed by atoms with van der Waals surface area (Å²) in [7, 11) is 0. The first-order valence-electron chi connectivity index (χ1n) is 14.3. The summed E-state index contributed by atoms with van der Waals surface area (Å²) in [6, 6.07) is 14.0. The normalized spacial score (nSPS) is 19.7. The lowest BCUT2D eigenvalue weighted by Gasteiger charge is -2.42. The summed E-state index contributed by atoms with van der Waals surface area (Å²) in [4.78, 5) is 28.1. The van der Waals surface area contributed by atoms with Gasteiger partial charge in [-0.1, -0.05) is 42.1 Å². The van der Waals surface area contributed by atoms with Crippen molar-refractivity contribution in [3.8, 4) is 6.07 Å². The number of rotatable bonds is 4. The molecule has 3 heterocycles. The van der Waals surface area contributed by atoms with Crippen molar-refractivity contribution >= 4 is 40.1 Å². The van der Waals surface area contributed by atoms with Crippen LogP contribution in [0.15, 0.2) is 41.6 Å². The molecule has 2 aliphatic rings. The molecule has 9 heteroatoms. The van der Waals surface area contributed by atoms with E-state index < -0.39 is 18.2 Å². The molecule has 1 fully saturated rings. The molecule has 0 saturated carbocycles. The maximum Gasteiger partial charge on any atom is 0.410 e. The molecule has 39 heavy (non-hydrogen) atoms. The Bertz CT molecular complexity index is 1510. The van der Waals surface area contributed by atoms with Crippen molar-refractivity contribution in [2.45, 2.75) is 63.8 Å². The first kappa shape index (κ1) is 24.5. The highest BCUT2D eigenvalue weighted by Gasteiger charge is 2.35. The van der Waals surface area contributed by atoms with E-state index in [4.69, 9.17) is 14.7 Å². The number of carbonyl (C=O) groups excluding carboxylic acids is 1. The lowest BCUT2D eigenvalue weighted by molar-refractivity contribution is 0.0144. The Labute approximate surface area is 237 Å². The van der Waals surface area contributed by atoms with E-state index in [9.17, 15) is 12.8 Å². The summed E-state index contributed by atoms with van der Waals surface area (Å²) >= 11 is 1.37. The Morgan fingerprint density at radius 2 is 1.95 bits per heavy atom. The second kappa shape index (κ2) is 10.9. The van der Waals surface area contributed by atoms with Gasteiger partial charge < -0.3 is 19.4 Å². The average Bonchev–Trinajstić information content (AvgIpc) is 2.92. The molecule has 3 aromatic rings. The third-order valence-electron chi connectivity index (χ3n) is 7.09. The van der Waals surface area contributed by atoms with Gasteiger partial charge in [-0.2, -0.15) is 5.26 Å². The minimum Gasteiger partial charge on any atom is -0.444 e. The van der Waals surface area contributed by atoms with Crippen LogP contribution in [0.25, 0.3) is 10.8 Å². The molecule has 5 rings (SSSR count). The number of nitrogens with zero attached hydrogens (tertiary/aromatic N) is 6. The van der Waals surface area contributed by atoms with Gasteiger partial charge in [0.25, 0.3) is 0 Å². The van der Waals surface area contributed by atoms with E-state index in [2.05, 4.69) is 36.1 Å². The van der Waals surface area contributed by atoms with Crippen molar-refractivity contribution in [1.82, 2.24) is 14.9 Å². The molecule has 1 amide bonds. The molecule has 1 aromatic heterocycles. The number of ether oxygens (including phenoxy) is 1. The van der Waals surface area contributed by atoms with Crippen molar-refractivity contribution < 1.29 is 12.3 Å². The Hall–Kier alpha value is -3.51. The molecule has 1 atom stereocenters. The fourth-order valence-electron chi connectivity index (χ4n) is 5.33. The number of benzene rings is 2. The molecular formula is C30H36N6O2S. The summed E-state index contributed by atoms with van der Waals surface area (Å²) < 4.78 is 24.4. The number of carbonyl (C=O) groups is 1. The van der Waals surface area contributed by atoms with Crippen molar-refractivity contribution in [2.75, 3.05) is 42.2 Å². The molecule has 1 unspecified atom stereocenters. The number of nitriles is 1. The molecule has 204 valence electrons. The van der Waals surface area contributed by atoms with Crippen molar-refractivity contribution in [3.05, 3.63) is 53.2 Å². The van der Waals surface area contributed by atoms with Gasteiger partial charge in [0, 0.05) is 42.8 Å². The standard InChI is InChI=1S/C30H36N6O2S/c1-20-8-6-9-21-10-7-11-25(26(20)21)34-15-13-23-24(19-34)32-28(39-5)33-27(23)35-16-17-36(22(18-35)12-14-31)29(37)38-30(2,3)4/h6-11,22H,12-13,15-19H2,1-5H3/i19D2. The van der Waals surface area contributed by atoms with Gasteiger partial charge in [0.05, 0.1) is 33.5 Å². The SMILES string of the molecule is [2H]C1([2H])c2nc(SC)nc(N3CCN(C(=O)OC(C)(C)C)C(CC#N)C3)c2CCN1c1cccc2cccc(C)c12. The van der Waals surface area contributed by atoms with Gasteiger partial charge in [0.2, 0.25) is 0 Å². The van der Waals surface area contributed by atoms with Crippen LogP contribution in [0.5, 0.6) is 0 Å². The highest BCUT2D eigenvalue weighted by atomic mass is 32.2. The van der Waals surface area contributed by atoms with Gasteiger partial charge in [-0.15, -0.1) is 0 Å². The molecular weight excluding hydrogens is 508 g/mol. The Kier molecular flexibility index (Phi) is 6.87. The van der Waals surface area contributed by atoms with E-state index in [0.717, 1.165) is 27.6 Å². The van der Waals surface area contributed by atoms with Gasteiger partial charge in [-0.3, -0.25) is 0 Å². The first-order chi connectivity index (χ1) is 19.4. The monoisotopic (exact) mass is 546 g/mol. The molecule has 0 spiro atoms. The van der Waals surface area contributed by atoms with Crippen LogP contribution in [0.1, 0.15) is 46.8 Å². The maximum atomic E-state index is 12.9. The van der Waals surface area contributed by atoms with Crippen molar-refractivity contribution in [1.29, 1.82) is 5.26 Å². The fraction of sp³-hybridized carbons (Fsp3) is 0.467. The van der Waals surface area contributed by atoms with Gasteiger partial charge in [-0.05, 0) is 57.4 Å². The third-order valence-corrected chi connectivity index (χ3v) is 7.64. The van der Waals surface area contributed by atoms with Crippen LogP contribution in [0.2, 0.25) is 0 Å². The number of hydrogen-bond acceptors (Lipinski definition) is 8. The van der Waals surface area contributed by atoms with Gasteiger partial charge in [0.1, 0.15) is 11.4 Å². The Morgan fingerprint density at radius 3 is 2.67 bits per heavy atom. The largest absolute Gasteiger partial charge is 0.444 e. The number of amides is 1. The molecule has 0 radical (unpaired) electrons. The average molecular weight is 547 g/mol. The zero-order valence-corrected chi connectivity index (χ0v) is 24.0. The zero-order valence-electron chi connectivity index (χ0n) is 25.2. The summed E-state index contributed by atoms with van der Waals surface area (Å²) in [5.41, 5.74) is 2.46. The van der Waals surface area contributed by atoms with E-state index in [1.807, 2.05) is 50.1 Å². The van der Waals surface area contributed by atoms with E-state index in [0.29, 0.717) is 49.3 Å². The summed E-state index contributed by atoms with van der Waals surface area (Å²) in [6.45, 7) is 7.39. The third kappa shape index (κ3) is 5.62. The summed E-state index contributed by atoms with van der Waals surface area (Å²) in [6.07, 6.45) is 2.18. The van der Waals surface area contributed by atoms with Crippen LogP contribution in [0, 0.1) is 18.3 Å². The maximum absolute atomic E-state index is 12.9.